The summed E-state index contributed by atoms with van der Waals surface area (Å²) in [4.78, 5) is 34.3. The van der Waals surface area contributed by atoms with Crippen molar-refractivity contribution in [3.63, 3.8) is 0 Å². The fourth-order valence-corrected chi connectivity index (χ4v) is 5.08. The lowest BCUT2D eigenvalue weighted by Crippen LogP contribution is -2.44. The van der Waals surface area contributed by atoms with E-state index >= 15 is 0 Å². The Labute approximate surface area is 204 Å². The van der Waals surface area contributed by atoms with Gasteiger partial charge in [0, 0.05) is 60.7 Å². The maximum absolute atomic E-state index is 12.5. The fourth-order valence-electron chi connectivity index (χ4n) is 5.08. The first-order valence-corrected chi connectivity index (χ1v) is 12.7. The third-order valence-electron chi connectivity index (χ3n) is 7.41. The number of anilines is 1. The van der Waals surface area contributed by atoms with Crippen molar-refractivity contribution >= 4 is 22.9 Å². The second-order valence-electron chi connectivity index (χ2n) is 9.97. The van der Waals surface area contributed by atoms with Crippen LogP contribution in [-0.2, 0) is 9.47 Å². The second kappa shape index (κ2) is 9.45. The monoisotopic (exact) mass is 476 g/mol. The lowest BCUT2D eigenvalue weighted by molar-refractivity contribution is 0.0887. The SMILES string of the molecule is C[C@@H]1COCCN1c1cc(C2CCN(C(=O)OCC3CC3)CC2)nc(-c2ccnc3[nH]ccc23)n1. The lowest BCUT2D eigenvalue weighted by atomic mass is 9.93. The number of rotatable bonds is 5. The van der Waals surface area contributed by atoms with E-state index in [4.69, 9.17) is 19.4 Å². The van der Waals surface area contributed by atoms with Crippen molar-refractivity contribution in [2.24, 2.45) is 5.92 Å². The average Bonchev–Trinajstić information content (AvgIpc) is 3.60. The summed E-state index contributed by atoms with van der Waals surface area (Å²) in [7, 11) is 0. The number of hydrogen-bond acceptors (Lipinski definition) is 7. The molecule has 3 fully saturated rings. The molecular weight excluding hydrogens is 444 g/mol. The van der Waals surface area contributed by atoms with Crippen LogP contribution < -0.4 is 4.90 Å². The van der Waals surface area contributed by atoms with Crippen molar-refractivity contribution in [2.45, 2.75) is 44.6 Å². The zero-order valence-electron chi connectivity index (χ0n) is 20.2. The molecule has 1 N–H and O–H groups in total. The topological polar surface area (TPSA) is 96.5 Å². The molecule has 0 unspecified atom stereocenters. The number of morpholine rings is 1. The Morgan fingerprint density at radius 2 is 2.03 bits per heavy atom. The van der Waals surface area contributed by atoms with Crippen molar-refractivity contribution in [1.82, 2.24) is 24.8 Å². The molecule has 5 heterocycles. The number of nitrogens with zero attached hydrogens (tertiary/aromatic N) is 5. The van der Waals surface area contributed by atoms with E-state index in [9.17, 15) is 4.79 Å². The van der Waals surface area contributed by atoms with Crippen LogP contribution in [0.2, 0.25) is 0 Å². The molecular formula is C26H32N6O3. The molecule has 35 heavy (non-hydrogen) atoms. The van der Waals surface area contributed by atoms with Crippen LogP contribution in [0.25, 0.3) is 22.4 Å². The number of ether oxygens (including phenoxy) is 2. The van der Waals surface area contributed by atoms with Gasteiger partial charge < -0.3 is 24.3 Å². The molecule has 1 saturated carbocycles. The summed E-state index contributed by atoms with van der Waals surface area (Å²) in [5.41, 5.74) is 2.84. The van der Waals surface area contributed by atoms with Crippen LogP contribution in [0.1, 0.15) is 44.2 Å². The van der Waals surface area contributed by atoms with Gasteiger partial charge in [-0.2, -0.15) is 0 Å². The molecule has 2 aliphatic heterocycles. The number of fused-ring (bicyclic) bond motifs is 1. The number of piperidine rings is 1. The highest BCUT2D eigenvalue weighted by Crippen LogP contribution is 2.34. The van der Waals surface area contributed by atoms with Crippen LogP contribution in [-0.4, -0.2) is 76.4 Å². The largest absolute Gasteiger partial charge is 0.449 e. The molecule has 9 heteroatoms. The Kier molecular flexibility index (Phi) is 6.01. The highest BCUT2D eigenvalue weighted by atomic mass is 16.6. The van der Waals surface area contributed by atoms with E-state index in [0.717, 1.165) is 53.3 Å². The second-order valence-corrected chi connectivity index (χ2v) is 9.97. The smallest absolute Gasteiger partial charge is 0.409 e. The minimum atomic E-state index is -0.173. The lowest BCUT2D eigenvalue weighted by Gasteiger charge is -2.35. The number of pyridine rings is 1. The Hall–Kier alpha value is -3.20. The fraction of sp³-hybridized carbons (Fsp3) is 0.538. The van der Waals surface area contributed by atoms with Gasteiger partial charge in [0.1, 0.15) is 11.5 Å². The molecule has 1 amide bonds. The van der Waals surface area contributed by atoms with Crippen LogP contribution in [0.3, 0.4) is 0 Å². The molecule has 0 radical (unpaired) electrons. The molecule has 3 aromatic heterocycles. The maximum Gasteiger partial charge on any atom is 0.409 e. The van der Waals surface area contributed by atoms with Gasteiger partial charge >= 0.3 is 6.09 Å². The molecule has 6 rings (SSSR count). The van der Waals surface area contributed by atoms with Crippen LogP contribution >= 0.6 is 0 Å². The third-order valence-corrected chi connectivity index (χ3v) is 7.41. The number of likely N-dealkylation sites (tertiary alicyclic amines) is 1. The number of aromatic nitrogens is 4. The Morgan fingerprint density at radius 3 is 2.83 bits per heavy atom. The van der Waals surface area contributed by atoms with E-state index in [1.807, 2.05) is 23.2 Å². The number of nitrogens with one attached hydrogen (secondary N) is 1. The number of carbonyl (C=O) groups is 1. The summed E-state index contributed by atoms with van der Waals surface area (Å²) in [6.07, 6.45) is 7.62. The molecule has 2 saturated heterocycles. The highest BCUT2D eigenvalue weighted by molar-refractivity contribution is 5.91. The van der Waals surface area contributed by atoms with Gasteiger partial charge in [-0.15, -0.1) is 0 Å². The van der Waals surface area contributed by atoms with Gasteiger partial charge in [0.15, 0.2) is 5.82 Å². The summed E-state index contributed by atoms with van der Waals surface area (Å²) in [6, 6.07) is 6.40. The Morgan fingerprint density at radius 1 is 1.17 bits per heavy atom. The van der Waals surface area contributed by atoms with Crippen molar-refractivity contribution in [1.29, 1.82) is 0 Å². The van der Waals surface area contributed by atoms with E-state index < -0.39 is 0 Å². The summed E-state index contributed by atoms with van der Waals surface area (Å²) in [5.74, 6) is 2.50. The highest BCUT2D eigenvalue weighted by Gasteiger charge is 2.30. The molecule has 0 bridgehead atoms. The molecule has 1 atom stereocenters. The molecule has 0 spiro atoms. The molecule has 1 aliphatic carbocycles. The molecule has 184 valence electrons. The first-order valence-electron chi connectivity index (χ1n) is 12.7. The van der Waals surface area contributed by atoms with E-state index in [-0.39, 0.29) is 18.1 Å². The van der Waals surface area contributed by atoms with Crippen molar-refractivity contribution < 1.29 is 14.3 Å². The summed E-state index contributed by atoms with van der Waals surface area (Å²) in [5, 5.41) is 1.01. The van der Waals surface area contributed by atoms with Crippen molar-refractivity contribution in [3.8, 4) is 11.4 Å². The summed E-state index contributed by atoms with van der Waals surface area (Å²) >= 11 is 0. The number of amides is 1. The quantitative estimate of drug-likeness (QED) is 0.595. The minimum absolute atomic E-state index is 0.173. The predicted molar refractivity (Wildman–Crippen MR) is 132 cm³/mol. The summed E-state index contributed by atoms with van der Waals surface area (Å²) in [6.45, 7) is 6.29. The van der Waals surface area contributed by atoms with Crippen LogP contribution in [0.4, 0.5) is 10.6 Å². The van der Waals surface area contributed by atoms with E-state index in [0.29, 0.717) is 38.8 Å². The first-order chi connectivity index (χ1) is 17.2. The molecule has 3 aliphatic rings. The molecule has 0 aromatic carbocycles. The molecule has 9 nitrogen and oxygen atoms in total. The van der Waals surface area contributed by atoms with Gasteiger partial charge in [0.05, 0.1) is 25.9 Å². The number of H-pyrrole nitrogens is 1. The normalized spacial score (nSPS) is 21.5. The Balaban J connectivity index is 1.28. The van der Waals surface area contributed by atoms with E-state index in [1.165, 1.54) is 12.8 Å². The number of aromatic amines is 1. The van der Waals surface area contributed by atoms with Crippen LogP contribution in [0, 0.1) is 5.92 Å². The van der Waals surface area contributed by atoms with Crippen molar-refractivity contribution in [3.05, 3.63) is 36.3 Å². The molecule has 3 aromatic rings. The average molecular weight is 477 g/mol. The van der Waals surface area contributed by atoms with E-state index in [2.05, 4.69) is 27.9 Å². The Bertz CT molecular complexity index is 1200. The van der Waals surface area contributed by atoms with Gasteiger partial charge in [0.25, 0.3) is 0 Å². The standard InChI is InChI=1S/C26H32N6O3/c1-17-15-34-13-12-32(17)23-14-22(19-6-10-31(11-7-19)26(33)35-16-18-2-3-18)29-25(30-23)21-5-9-28-24-20(21)4-8-27-24/h4-5,8-9,14,17-19H,2-3,6-7,10-13,15-16H2,1H3,(H,27,28)/t17-/m1/s1. The first kappa shape index (κ1) is 22.3. The van der Waals surface area contributed by atoms with Crippen LogP contribution in [0.5, 0.6) is 0 Å². The third kappa shape index (κ3) is 4.69. The van der Waals surface area contributed by atoms with Crippen LogP contribution in [0.15, 0.2) is 30.6 Å². The van der Waals surface area contributed by atoms with Crippen molar-refractivity contribution in [2.75, 3.05) is 44.4 Å². The summed E-state index contributed by atoms with van der Waals surface area (Å²) < 4.78 is 11.2. The predicted octanol–water partition coefficient (Wildman–Crippen LogP) is 3.97. The number of hydrogen-bond donors (Lipinski definition) is 1. The zero-order chi connectivity index (χ0) is 23.8. The van der Waals surface area contributed by atoms with Gasteiger partial charge in [0.2, 0.25) is 0 Å². The van der Waals surface area contributed by atoms with Gasteiger partial charge in [-0.3, -0.25) is 0 Å². The number of carbonyl (C=O) groups excluding carboxylic acids is 1. The minimum Gasteiger partial charge on any atom is -0.449 e. The maximum atomic E-state index is 12.5. The van der Waals surface area contributed by atoms with Gasteiger partial charge in [-0.1, -0.05) is 0 Å². The van der Waals surface area contributed by atoms with Gasteiger partial charge in [-0.05, 0) is 50.7 Å². The zero-order valence-corrected chi connectivity index (χ0v) is 20.2. The van der Waals surface area contributed by atoms with Gasteiger partial charge in [-0.25, -0.2) is 19.7 Å². The van der Waals surface area contributed by atoms with E-state index in [1.54, 1.807) is 6.20 Å².